The van der Waals surface area contributed by atoms with Crippen molar-refractivity contribution in [2.24, 2.45) is 0 Å². The SMILES string of the molecule is O=C(NC1(c2ccccc2)CCCC1)N1CCC(Sc2ccc(CCNC[C@H](O)COc3ccc(O)cc3)cc2)CC1. The van der Waals surface area contributed by atoms with Crippen LogP contribution in [0, 0.1) is 0 Å². The highest BCUT2D eigenvalue weighted by atomic mass is 32.2. The number of aliphatic hydroxyl groups is 1. The molecule has 1 aliphatic heterocycles. The van der Waals surface area contributed by atoms with Gasteiger partial charge in [-0.05, 0) is 86.2 Å². The summed E-state index contributed by atoms with van der Waals surface area (Å²) in [5.41, 5.74) is 2.27. The number of urea groups is 1. The van der Waals surface area contributed by atoms with Gasteiger partial charge in [-0.1, -0.05) is 55.3 Å². The monoisotopic (exact) mass is 589 g/mol. The van der Waals surface area contributed by atoms with Crippen molar-refractivity contribution in [3.8, 4) is 11.5 Å². The van der Waals surface area contributed by atoms with Crippen molar-refractivity contribution in [3.63, 3.8) is 0 Å². The molecule has 1 atom stereocenters. The molecule has 0 radical (unpaired) electrons. The zero-order valence-corrected chi connectivity index (χ0v) is 25.0. The van der Waals surface area contributed by atoms with Gasteiger partial charge in [0.25, 0.3) is 0 Å². The molecule has 8 heteroatoms. The van der Waals surface area contributed by atoms with Crippen LogP contribution in [0.1, 0.15) is 49.7 Å². The maximum Gasteiger partial charge on any atom is 0.318 e. The van der Waals surface area contributed by atoms with Crippen molar-refractivity contribution >= 4 is 17.8 Å². The van der Waals surface area contributed by atoms with Gasteiger partial charge in [-0.25, -0.2) is 4.79 Å². The van der Waals surface area contributed by atoms with Crippen LogP contribution < -0.4 is 15.4 Å². The molecule has 1 saturated carbocycles. The lowest BCUT2D eigenvalue weighted by Crippen LogP contribution is -2.52. The maximum absolute atomic E-state index is 13.3. The first-order valence-corrected chi connectivity index (χ1v) is 16.1. The first kappa shape index (κ1) is 30.3. The summed E-state index contributed by atoms with van der Waals surface area (Å²) in [5, 5.41) is 26.7. The van der Waals surface area contributed by atoms with E-state index in [1.54, 1.807) is 24.3 Å². The Balaban J connectivity index is 0.986. The smallest absolute Gasteiger partial charge is 0.318 e. The van der Waals surface area contributed by atoms with Crippen molar-refractivity contribution in [2.75, 3.05) is 32.8 Å². The van der Waals surface area contributed by atoms with Crippen LogP contribution in [0.25, 0.3) is 0 Å². The highest BCUT2D eigenvalue weighted by Gasteiger charge is 2.38. The van der Waals surface area contributed by atoms with Gasteiger partial charge in [-0.15, -0.1) is 11.8 Å². The topological polar surface area (TPSA) is 94.1 Å². The van der Waals surface area contributed by atoms with Gasteiger partial charge in [0.2, 0.25) is 0 Å². The lowest BCUT2D eigenvalue weighted by atomic mass is 9.88. The van der Waals surface area contributed by atoms with Crippen LogP contribution in [-0.4, -0.2) is 65.3 Å². The van der Waals surface area contributed by atoms with Gasteiger partial charge < -0.3 is 30.5 Å². The molecular weight excluding hydrogens is 546 g/mol. The Hall–Kier alpha value is -3.20. The molecule has 2 aliphatic rings. The van der Waals surface area contributed by atoms with E-state index in [-0.39, 0.29) is 23.9 Å². The van der Waals surface area contributed by atoms with Crippen LogP contribution in [0.4, 0.5) is 4.79 Å². The number of phenolic OH excluding ortho intramolecular Hbond substituents is 1. The van der Waals surface area contributed by atoms with Gasteiger partial charge in [0.05, 0.1) is 5.54 Å². The highest BCUT2D eigenvalue weighted by molar-refractivity contribution is 8.00. The molecule has 0 bridgehead atoms. The van der Waals surface area contributed by atoms with E-state index >= 15 is 0 Å². The van der Waals surface area contributed by atoms with Crippen LogP contribution >= 0.6 is 11.8 Å². The lowest BCUT2D eigenvalue weighted by molar-refractivity contribution is 0.106. The van der Waals surface area contributed by atoms with Crippen molar-refractivity contribution in [1.29, 1.82) is 0 Å². The molecule has 0 spiro atoms. The summed E-state index contributed by atoms with van der Waals surface area (Å²) in [4.78, 5) is 16.5. The minimum atomic E-state index is -0.609. The second-order valence-corrected chi connectivity index (χ2v) is 12.8. The molecule has 3 aromatic carbocycles. The number of nitrogens with zero attached hydrogens (tertiary/aromatic N) is 1. The lowest BCUT2D eigenvalue weighted by Gasteiger charge is -2.37. The molecule has 4 N–H and O–H groups in total. The summed E-state index contributed by atoms with van der Waals surface area (Å²) in [6.07, 6.45) is 6.62. The molecule has 3 aromatic rings. The molecule has 1 saturated heterocycles. The predicted octanol–water partition coefficient (Wildman–Crippen LogP) is 5.70. The van der Waals surface area contributed by atoms with E-state index in [0.29, 0.717) is 17.5 Å². The summed E-state index contributed by atoms with van der Waals surface area (Å²) >= 11 is 1.92. The molecule has 1 heterocycles. The zero-order valence-electron chi connectivity index (χ0n) is 24.2. The number of aromatic hydroxyl groups is 1. The van der Waals surface area contributed by atoms with Gasteiger partial charge in [-0.3, -0.25) is 0 Å². The number of carbonyl (C=O) groups is 1. The van der Waals surface area contributed by atoms with Gasteiger partial charge in [0.15, 0.2) is 0 Å². The number of carbonyl (C=O) groups excluding carboxylic acids is 1. The summed E-state index contributed by atoms with van der Waals surface area (Å²) in [7, 11) is 0. The Morgan fingerprint density at radius 1 is 0.976 bits per heavy atom. The Morgan fingerprint density at radius 3 is 2.36 bits per heavy atom. The molecule has 0 aromatic heterocycles. The molecule has 2 fully saturated rings. The number of hydrogen-bond donors (Lipinski definition) is 4. The van der Waals surface area contributed by atoms with Gasteiger partial charge in [-0.2, -0.15) is 0 Å². The number of benzene rings is 3. The molecule has 7 nitrogen and oxygen atoms in total. The third-order valence-electron chi connectivity index (χ3n) is 8.33. The van der Waals surface area contributed by atoms with Gasteiger partial charge >= 0.3 is 6.03 Å². The fourth-order valence-electron chi connectivity index (χ4n) is 5.90. The van der Waals surface area contributed by atoms with E-state index < -0.39 is 6.10 Å². The van der Waals surface area contributed by atoms with Crippen molar-refractivity contribution in [1.82, 2.24) is 15.5 Å². The number of hydrogen-bond acceptors (Lipinski definition) is 6. The molecular formula is C34H43N3O4S. The summed E-state index contributed by atoms with van der Waals surface area (Å²) in [5.74, 6) is 0.811. The maximum atomic E-state index is 13.3. The summed E-state index contributed by atoms with van der Waals surface area (Å²) < 4.78 is 5.55. The largest absolute Gasteiger partial charge is 0.508 e. The number of piperidine rings is 1. The number of amides is 2. The fraction of sp³-hybridized carbons (Fsp3) is 0.441. The van der Waals surface area contributed by atoms with Crippen molar-refractivity contribution in [3.05, 3.63) is 90.0 Å². The van der Waals surface area contributed by atoms with E-state index in [9.17, 15) is 15.0 Å². The third-order valence-corrected chi connectivity index (χ3v) is 9.68. The van der Waals surface area contributed by atoms with Gasteiger partial charge in [0.1, 0.15) is 24.2 Å². The average molecular weight is 590 g/mol. The number of aliphatic hydroxyl groups excluding tert-OH is 1. The molecule has 1 aliphatic carbocycles. The Morgan fingerprint density at radius 2 is 1.67 bits per heavy atom. The van der Waals surface area contributed by atoms with Crippen LogP contribution in [0.2, 0.25) is 0 Å². The zero-order chi connectivity index (χ0) is 29.2. The predicted molar refractivity (Wildman–Crippen MR) is 168 cm³/mol. The first-order chi connectivity index (χ1) is 20.5. The van der Waals surface area contributed by atoms with Crippen molar-refractivity contribution < 1.29 is 19.7 Å². The van der Waals surface area contributed by atoms with Gasteiger partial charge in [0, 0.05) is 29.8 Å². The second-order valence-electron chi connectivity index (χ2n) is 11.4. The number of ether oxygens (including phenoxy) is 1. The Labute approximate surface area is 253 Å². The molecule has 0 unspecified atom stereocenters. The Bertz CT molecular complexity index is 1240. The van der Waals surface area contributed by atoms with Crippen molar-refractivity contribution in [2.45, 2.75) is 66.7 Å². The van der Waals surface area contributed by atoms with E-state index in [1.165, 1.54) is 16.0 Å². The number of phenols is 1. The number of nitrogens with one attached hydrogen (secondary N) is 2. The standard InChI is InChI=1S/C34H43N3O4S/c38-28-10-12-30(13-11-28)41-25-29(39)24-35-21-16-26-8-14-31(15-9-26)42-32-17-22-37(23-18-32)33(40)36-34(19-4-5-20-34)27-6-2-1-3-7-27/h1-3,6-15,29,32,35,38-39H,4-5,16-25H2,(H,36,40)/t29-/m0/s1. The van der Waals surface area contributed by atoms with Crippen LogP contribution in [0.15, 0.2) is 83.8 Å². The summed E-state index contributed by atoms with van der Waals surface area (Å²) in [6.45, 7) is 3.01. The number of likely N-dealkylation sites (tertiary alicyclic amines) is 1. The number of rotatable bonds is 12. The van der Waals surface area contributed by atoms with Crippen LogP contribution in [-0.2, 0) is 12.0 Å². The van der Waals surface area contributed by atoms with E-state index in [1.807, 2.05) is 22.7 Å². The minimum absolute atomic E-state index is 0.0829. The highest BCUT2D eigenvalue weighted by Crippen LogP contribution is 2.39. The molecule has 42 heavy (non-hydrogen) atoms. The minimum Gasteiger partial charge on any atom is -0.508 e. The second kappa shape index (κ2) is 14.8. The first-order valence-electron chi connectivity index (χ1n) is 15.2. The number of thioether (sulfide) groups is 1. The Kier molecular flexibility index (Phi) is 10.7. The fourth-order valence-corrected chi connectivity index (χ4v) is 7.03. The normalized spacial score (nSPS) is 17.6. The third kappa shape index (κ3) is 8.43. The quantitative estimate of drug-likeness (QED) is 0.203. The van der Waals surface area contributed by atoms with E-state index in [2.05, 4.69) is 59.2 Å². The van der Waals surface area contributed by atoms with Crippen LogP contribution in [0.5, 0.6) is 11.5 Å². The average Bonchev–Trinajstić information content (AvgIpc) is 3.50. The van der Waals surface area contributed by atoms with Crippen LogP contribution in [0.3, 0.4) is 0 Å². The van der Waals surface area contributed by atoms with E-state index in [4.69, 9.17) is 4.74 Å². The molecule has 224 valence electrons. The molecule has 5 rings (SSSR count). The molecule has 2 amide bonds. The van der Waals surface area contributed by atoms with E-state index in [0.717, 1.165) is 64.6 Å². The summed E-state index contributed by atoms with van der Waals surface area (Å²) in [6, 6.07) is 25.8.